The molecule has 0 aromatic carbocycles. The highest BCUT2D eigenvalue weighted by Crippen LogP contribution is 2.22. The molecule has 2 fully saturated rings. The van der Waals surface area contributed by atoms with E-state index in [4.69, 9.17) is 4.74 Å². The van der Waals surface area contributed by atoms with Gasteiger partial charge in [0.2, 0.25) is 0 Å². The van der Waals surface area contributed by atoms with Crippen molar-refractivity contribution in [1.29, 1.82) is 0 Å². The Hall–Kier alpha value is -0.390. The van der Waals surface area contributed by atoms with Crippen molar-refractivity contribution in [1.82, 2.24) is 14.7 Å². The van der Waals surface area contributed by atoms with Crippen molar-refractivity contribution >= 4 is 15.9 Å². The van der Waals surface area contributed by atoms with Crippen molar-refractivity contribution in [2.75, 3.05) is 32.8 Å². The second kappa shape index (κ2) is 5.08. The van der Waals surface area contributed by atoms with Crippen LogP contribution in [0.3, 0.4) is 0 Å². The molecule has 0 N–H and O–H groups in total. The predicted octanol–water partition coefficient (Wildman–Crippen LogP) is 1.61. The smallest absolute Gasteiger partial charge is 0.0632 e. The van der Waals surface area contributed by atoms with Crippen LogP contribution < -0.4 is 0 Å². The fourth-order valence-electron chi connectivity index (χ4n) is 2.74. The minimum absolute atomic E-state index is 0.768. The molecule has 0 saturated carbocycles. The molecule has 1 aromatic heterocycles. The first-order chi connectivity index (χ1) is 8.29. The Kier molecular flexibility index (Phi) is 3.49. The molecular weight excluding hydrogens is 282 g/mol. The van der Waals surface area contributed by atoms with Crippen LogP contribution in [0.4, 0.5) is 0 Å². The zero-order chi connectivity index (χ0) is 11.7. The normalized spacial score (nSPS) is 26.3. The summed E-state index contributed by atoms with van der Waals surface area (Å²) in [6.07, 6.45) is 5.15. The number of aromatic nitrogens is 2. The highest BCUT2D eigenvalue weighted by atomic mass is 79.9. The highest BCUT2D eigenvalue weighted by molar-refractivity contribution is 9.10. The minimum Gasteiger partial charge on any atom is -0.381 e. The van der Waals surface area contributed by atoms with Crippen molar-refractivity contribution < 1.29 is 4.74 Å². The third kappa shape index (κ3) is 2.89. The van der Waals surface area contributed by atoms with Crippen molar-refractivity contribution in [3.8, 4) is 0 Å². The first-order valence-electron chi connectivity index (χ1n) is 6.27. The molecule has 0 spiro atoms. The standard InChI is InChI=1S/C12H18BrN3O/c13-12-3-14-16(8-12)7-11-5-15(6-11)4-10-1-2-17-9-10/h3,8,10-11H,1-2,4-7,9H2. The maximum Gasteiger partial charge on any atom is 0.0632 e. The average molecular weight is 300 g/mol. The summed E-state index contributed by atoms with van der Waals surface area (Å²) in [6, 6.07) is 0. The van der Waals surface area contributed by atoms with Crippen LogP contribution in [0.15, 0.2) is 16.9 Å². The first-order valence-corrected chi connectivity index (χ1v) is 7.07. The molecule has 2 saturated heterocycles. The quantitative estimate of drug-likeness (QED) is 0.846. The van der Waals surface area contributed by atoms with E-state index in [0.29, 0.717) is 0 Å². The lowest BCUT2D eigenvalue weighted by molar-refractivity contribution is 0.0646. The zero-order valence-electron chi connectivity index (χ0n) is 9.89. The average Bonchev–Trinajstić information content (AvgIpc) is 2.87. The fraction of sp³-hybridized carbons (Fsp3) is 0.750. The first kappa shape index (κ1) is 11.7. The van der Waals surface area contributed by atoms with Crippen LogP contribution in [0.2, 0.25) is 0 Å². The maximum absolute atomic E-state index is 5.41. The van der Waals surface area contributed by atoms with Crippen molar-refractivity contribution in [3.63, 3.8) is 0 Å². The van der Waals surface area contributed by atoms with Crippen molar-refractivity contribution in [2.45, 2.75) is 13.0 Å². The molecular formula is C12H18BrN3O. The Morgan fingerprint density at radius 3 is 2.88 bits per heavy atom. The lowest BCUT2D eigenvalue weighted by Crippen LogP contribution is -2.50. The van der Waals surface area contributed by atoms with Gasteiger partial charge in [-0.25, -0.2) is 0 Å². The number of ether oxygens (including phenoxy) is 1. The van der Waals surface area contributed by atoms with Gasteiger partial charge < -0.3 is 9.64 Å². The predicted molar refractivity (Wildman–Crippen MR) is 68.8 cm³/mol. The van der Waals surface area contributed by atoms with Crippen LogP contribution in [0.1, 0.15) is 6.42 Å². The molecule has 0 aliphatic carbocycles. The summed E-state index contributed by atoms with van der Waals surface area (Å²) in [6.45, 7) is 6.63. The van der Waals surface area contributed by atoms with Gasteiger partial charge in [0, 0.05) is 44.9 Å². The molecule has 17 heavy (non-hydrogen) atoms. The largest absolute Gasteiger partial charge is 0.381 e. The summed E-state index contributed by atoms with van der Waals surface area (Å²) in [4.78, 5) is 2.54. The second-order valence-electron chi connectivity index (χ2n) is 5.19. The monoisotopic (exact) mass is 299 g/mol. The van der Waals surface area contributed by atoms with E-state index >= 15 is 0 Å². The van der Waals surface area contributed by atoms with Crippen LogP contribution in [0.5, 0.6) is 0 Å². The summed E-state index contributed by atoms with van der Waals surface area (Å²) in [7, 11) is 0. The van der Waals surface area contributed by atoms with E-state index in [1.165, 1.54) is 26.1 Å². The molecule has 0 bridgehead atoms. The number of nitrogens with zero attached hydrogens (tertiary/aromatic N) is 3. The van der Waals surface area contributed by atoms with E-state index in [9.17, 15) is 0 Å². The number of rotatable bonds is 4. The fourth-order valence-corrected chi connectivity index (χ4v) is 3.06. The van der Waals surface area contributed by atoms with Gasteiger partial charge in [-0.2, -0.15) is 5.10 Å². The molecule has 0 amide bonds. The molecule has 94 valence electrons. The Morgan fingerprint density at radius 2 is 2.24 bits per heavy atom. The van der Waals surface area contributed by atoms with Crippen molar-refractivity contribution in [2.24, 2.45) is 11.8 Å². The molecule has 1 atom stereocenters. The second-order valence-corrected chi connectivity index (χ2v) is 6.11. The topological polar surface area (TPSA) is 30.3 Å². The third-order valence-electron chi connectivity index (χ3n) is 3.62. The van der Waals surface area contributed by atoms with Gasteiger partial charge in [-0.15, -0.1) is 0 Å². The van der Waals surface area contributed by atoms with Crippen molar-refractivity contribution in [3.05, 3.63) is 16.9 Å². The van der Waals surface area contributed by atoms with E-state index in [1.807, 2.05) is 17.1 Å². The minimum atomic E-state index is 0.768. The van der Waals surface area contributed by atoms with Gasteiger partial charge in [0.1, 0.15) is 0 Å². The zero-order valence-corrected chi connectivity index (χ0v) is 11.5. The molecule has 0 radical (unpaired) electrons. The number of likely N-dealkylation sites (tertiary alicyclic amines) is 1. The molecule has 4 nitrogen and oxygen atoms in total. The lowest BCUT2D eigenvalue weighted by atomic mass is 9.97. The van der Waals surface area contributed by atoms with Crippen LogP contribution in [-0.4, -0.2) is 47.5 Å². The Balaban J connectivity index is 1.39. The molecule has 3 heterocycles. The van der Waals surface area contributed by atoms with Crippen LogP contribution in [-0.2, 0) is 11.3 Å². The van der Waals surface area contributed by atoms with Crippen LogP contribution >= 0.6 is 15.9 Å². The van der Waals surface area contributed by atoms with E-state index < -0.39 is 0 Å². The number of hydrogen-bond donors (Lipinski definition) is 0. The summed E-state index contributed by atoms with van der Waals surface area (Å²) < 4.78 is 8.50. The summed E-state index contributed by atoms with van der Waals surface area (Å²) in [5.74, 6) is 1.54. The highest BCUT2D eigenvalue weighted by Gasteiger charge is 2.29. The lowest BCUT2D eigenvalue weighted by Gasteiger charge is -2.40. The molecule has 3 rings (SSSR count). The molecule has 2 aliphatic rings. The number of hydrogen-bond acceptors (Lipinski definition) is 3. The van der Waals surface area contributed by atoms with Gasteiger partial charge in [0.25, 0.3) is 0 Å². The summed E-state index contributed by atoms with van der Waals surface area (Å²) >= 11 is 3.42. The summed E-state index contributed by atoms with van der Waals surface area (Å²) in [5, 5.41) is 4.30. The molecule has 1 unspecified atom stereocenters. The van der Waals surface area contributed by atoms with E-state index in [1.54, 1.807) is 0 Å². The maximum atomic E-state index is 5.41. The SMILES string of the molecule is Brc1cnn(CC2CN(CC3CCOC3)C2)c1. The Labute approximate surface area is 110 Å². The van der Waals surface area contributed by atoms with E-state index in [2.05, 4.69) is 25.9 Å². The van der Waals surface area contributed by atoms with Gasteiger partial charge in [-0.1, -0.05) is 0 Å². The third-order valence-corrected chi connectivity index (χ3v) is 4.03. The van der Waals surface area contributed by atoms with E-state index in [0.717, 1.165) is 36.1 Å². The van der Waals surface area contributed by atoms with Crippen LogP contribution in [0, 0.1) is 11.8 Å². The van der Waals surface area contributed by atoms with Gasteiger partial charge in [-0.3, -0.25) is 4.68 Å². The Morgan fingerprint density at radius 1 is 1.35 bits per heavy atom. The molecule has 5 heteroatoms. The van der Waals surface area contributed by atoms with Gasteiger partial charge in [-0.05, 0) is 28.3 Å². The van der Waals surface area contributed by atoms with Crippen LogP contribution in [0.25, 0.3) is 0 Å². The van der Waals surface area contributed by atoms with E-state index in [-0.39, 0.29) is 0 Å². The number of halogens is 1. The molecule has 2 aliphatic heterocycles. The Bertz CT molecular complexity index is 370. The summed E-state index contributed by atoms with van der Waals surface area (Å²) in [5.41, 5.74) is 0. The van der Waals surface area contributed by atoms with Gasteiger partial charge in [0.15, 0.2) is 0 Å². The van der Waals surface area contributed by atoms with Gasteiger partial charge in [0.05, 0.1) is 17.3 Å². The van der Waals surface area contributed by atoms with Gasteiger partial charge >= 0.3 is 0 Å². The molecule has 1 aromatic rings.